The van der Waals surface area contributed by atoms with E-state index < -0.39 is 18.0 Å². The molecular weight excluding hydrogens is 194 g/mol. The van der Waals surface area contributed by atoms with E-state index in [1.807, 2.05) is 0 Å². The Morgan fingerprint density at radius 1 is 1.38 bits per heavy atom. The molecule has 0 unspecified atom stereocenters. The molecule has 0 bridgehead atoms. The highest BCUT2D eigenvalue weighted by Gasteiger charge is 2.17. The van der Waals surface area contributed by atoms with Crippen LogP contribution in [-0.2, 0) is 4.79 Å². The lowest BCUT2D eigenvalue weighted by Gasteiger charge is -2.00. The Labute approximate surface area is 77.4 Å². The van der Waals surface area contributed by atoms with Gasteiger partial charge in [0.25, 0.3) is 0 Å². The Balaban J connectivity index is 2.91. The van der Waals surface area contributed by atoms with Crippen LogP contribution in [0, 0.1) is 0 Å². The van der Waals surface area contributed by atoms with Crippen molar-refractivity contribution in [2.75, 3.05) is 0 Å². The van der Waals surface area contributed by atoms with E-state index >= 15 is 0 Å². The fraction of sp³-hybridized carbons (Fsp3) is 0.143. The lowest BCUT2D eigenvalue weighted by molar-refractivity contribution is -0.138. The molecule has 1 atom stereocenters. The first-order chi connectivity index (χ1) is 6.02. The summed E-state index contributed by atoms with van der Waals surface area (Å²) in [6.45, 7) is 0. The van der Waals surface area contributed by atoms with Gasteiger partial charge >= 0.3 is 11.9 Å². The van der Waals surface area contributed by atoms with Crippen molar-refractivity contribution in [1.29, 1.82) is 0 Å². The Kier molecular flexibility index (Phi) is 2.64. The van der Waals surface area contributed by atoms with Gasteiger partial charge in [-0.15, -0.1) is 11.3 Å². The van der Waals surface area contributed by atoms with Gasteiger partial charge in [-0.05, 0) is 12.1 Å². The van der Waals surface area contributed by atoms with Gasteiger partial charge in [0.15, 0.2) is 0 Å². The van der Waals surface area contributed by atoms with Gasteiger partial charge in [0.1, 0.15) is 10.9 Å². The molecule has 0 radical (unpaired) electrons. The maximum atomic E-state index is 10.4. The zero-order valence-corrected chi connectivity index (χ0v) is 7.25. The first kappa shape index (κ1) is 9.69. The summed E-state index contributed by atoms with van der Waals surface area (Å²) in [6, 6.07) is 1.61. The van der Waals surface area contributed by atoms with E-state index in [4.69, 9.17) is 15.9 Å². The van der Waals surface area contributed by atoms with Crippen molar-refractivity contribution in [2.24, 2.45) is 5.73 Å². The van der Waals surface area contributed by atoms with Crippen molar-refractivity contribution in [2.45, 2.75) is 6.04 Å². The highest BCUT2D eigenvalue weighted by Crippen LogP contribution is 2.21. The van der Waals surface area contributed by atoms with Crippen LogP contribution in [0.1, 0.15) is 20.6 Å². The summed E-state index contributed by atoms with van der Waals surface area (Å²) in [5.41, 5.74) is 5.27. The average molecular weight is 201 g/mol. The molecule has 0 amide bonds. The summed E-state index contributed by atoms with van der Waals surface area (Å²) in [5.74, 6) is -2.24. The number of hydrogen-bond donors (Lipinski definition) is 3. The van der Waals surface area contributed by atoms with Crippen molar-refractivity contribution in [1.82, 2.24) is 0 Å². The zero-order valence-electron chi connectivity index (χ0n) is 6.43. The number of hydrogen-bond acceptors (Lipinski definition) is 4. The minimum Gasteiger partial charge on any atom is -0.480 e. The second kappa shape index (κ2) is 3.55. The third-order valence-corrected chi connectivity index (χ3v) is 2.57. The van der Waals surface area contributed by atoms with Gasteiger partial charge in [-0.3, -0.25) is 4.79 Å². The molecule has 4 N–H and O–H groups in total. The van der Waals surface area contributed by atoms with Crippen molar-refractivity contribution in [3.8, 4) is 0 Å². The Morgan fingerprint density at radius 3 is 2.38 bits per heavy atom. The number of carboxylic acids is 2. The first-order valence-corrected chi connectivity index (χ1v) is 4.15. The molecule has 0 aliphatic heterocycles. The largest absolute Gasteiger partial charge is 0.480 e. The van der Waals surface area contributed by atoms with E-state index in [9.17, 15) is 9.59 Å². The molecule has 0 aliphatic rings. The van der Waals surface area contributed by atoms with Crippen LogP contribution in [0.2, 0.25) is 0 Å². The van der Waals surface area contributed by atoms with Crippen molar-refractivity contribution in [3.05, 3.63) is 21.9 Å². The van der Waals surface area contributed by atoms with Gasteiger partial charge in [-0.2, -0.15) is 0 Å². The van der Waals surface area contributed by atoms with Crippen LogP contribution < -0.4 is 5.73 Å². The van der Waals surface area contributed by atoms with E-state index in [0.717, 1.165) is 11.3 Å². The van der Waals surface area contributed by atoms with Crippen molar-refractivity contribution in [3.63, 3.8) is 0 Å². The molecule has 6 heteroatoms. The molecule has 5 nitrogen and oxygen atoms in total. The monoisotopic (exact) mass is 201 g/mol. The Morgan fingerprint density at radius 2 is 2.00 bits per heavy atom. The second-order valence-electron chi connectivity index (χ2n) is 2.32. The van der Waals surface area contributed by atoms with Gasteiger partial charge in [0.05, 0.1) is 0 Å². The maximum Gasteiger partial charge on any atom is 0.345 e. The number of nitrogens with two attached hydrogens (primary N) is 1. The summed E-state index contributed by atoms with van der Waals surface area (Å²) in [6.07, 6.45) is 0. The molecule has 13 heavy (non-hydrogen) atoms. The number of aliphatic carboxylic acids is 1. The van der Waals surface area contributed by atoms with Gasteiger partial charge < -0.3 is 15.9 Å². The van der Waals surface area contributed by atoms with Crippen LogP contribution in [0.3, 0.4) is 0 Å². The molecule has 0 saturated heterocycles. The smallest absolute Gasteiger partial charge is 0.345 e. The molecule has 0 saturated carbocycles. The van der Waals surface area contributed by atoms with E-state index in [1.54, 1.807) is 0 Å². The van der Waals surface area contributed by atoms with Gasteiger partial charge in [-0.25, -0.2) is 4.79 Å². The predicted octanol–water partition coefficient (Wildman–Crippen LogP) is 0.531. The van der Waals surface area contributed by atoms with Crippen molar-refractivity contribution >= 4 is 23.3 Å². The summed E-state index contributed by atoms with van der Waals surface area (Å²) in [5, 5.41) is 17.1. The fourth-order valence-electron chi connectivity index (χ4n) is 0.757. The standard InChI is InChI=1S/C7H7NO4S/c8-5(7(11)12)3-1-2-4(13-3)6(9)10/h1-2,5H,8H2,(H,9,10)(H,11,12)/t5-/m1/s1. The molecule has 0 fully saturated rings. The quantitative estimate of drug-likeness (QED) is 0.662. The number of carboxylic acid groups (broad SMARTS) is 2. The summed E-state index contributed by atoms with van der Waals surface area (Å²) < 4.78 is 0. The summed E-state index contributed by atoms with van der Waals surface area (Å²) in [7, 11) is 0. The molecule has 0 aliphatic carbocycles. The number of aromatic carboxylic acids is 1. The Hall–Kier alpha value is -1.40. The van der Waals surface area contributed by atoms with E-state index in [0.29, 0.717) is 4.88 Å². The van der Waals surface area contributed by atoms with E-state index in [-0.39, 0.29) is 4.88 Å². The molecule has 1 rings (SSSR count). The van der Waals surface area contributed by atoms with Crippen LogP contribution in [-0.4, -0.2) is 22.2 Å². The molecule has 70 valence electrons. The number of thiophene rings is 1. The Bertz CT molecular complexity index is 346. The molecule has 1 heterocycles. The third kappa shape index (κ3) is 2.04. The van der Waals surface area contributed by atoms with Gasteiger partial charge in [-0.1, -0.05) is 0 Å². The average Bonchev–Trinajstić information content (AvgIpc) is 2.50. The van der Waals surface area contributed by atoms with Crippen LogP contribution in [0.25, 0.3) is 0 Å². The third-order valence-electron chi connectivity index (χ3n) is 1.41. The molecule has 1 aromatic heterocycles. The SMILES string of the molecule is N[C@@H](C(=O)O)c1ccc(C(=O)O)s1. The van der Waals surface area contributed by atoms with Gasteiger partial charge in [0.2, 0.25) is 0 Å². The lowest BCUT2D eigenvalue weighted by atomic mass is 10.2. The predicted molar refractivity (Wildman–Crippen MR) is 45.8 cm³/mol. The molecule has 1 aromatic rings. The summed E-state index contributed by atoms with van der Waals surface area (Å²) >= 11 is 0.872. The van der Waals surface area contributed by atoms with Gasteiger partial charge in [0, 0.05) is 4.88 Å². The first-order valence-electron chi connectivity index (χ1n) is 3.34. The van der Waals surface area contributed by atoms with Crippen LogP contribution >= 0.6 is 11.3 Å². The highest BCUT2D eigenvalue weighted by atomic mass is 32.1. The van der Waals surface area contributed by atoms with Crippen molar-refractivity contribution < 1.29 is 19.8 Å². The number of rotatable bonds is 3. The van der Waals surface area contributed by atoms with Crippen LogP contribution in [0.15, 0.2) is 12.1 Å². The minimum absolute atomic E-state index is 0.0895. The van der Waals surface area contributed by atoms with E-state index in [2.05, 4.69) is 0 Å². The maximum absolute atomic E-state index is 10.4. The second-order valence-corrected chi connectivity index (χ2v) is 3.44. The number of carbonyl (C=O) groups is 2. The minimum atomic E-state index is -1.17. The molecule has 0 aromatic carbocycles. The summed E-state index contributed by atoms with van der Waals surface area (Å²) in [4.78, 5) is 21.3. The lowest BCUT2D eigenvalue weighted by Crippen LogP contribution is -2.19. The normalized spacial score (nSPS) is 12.4. The highest BCUT2D eigenvalue weighted by molar-refractivity contribution is 7.14. The molecule has 0 spiro atoms. The van der Waals surface area contributed by atoms with Crippen LogP contribution in [0.5, 0.6) is 0 Å². The fourth-order valence-corrected chi connectivity index (χ4v) is 1.60. The van der Waals surface area contributed by atoms with Crippen LogP contribution in [0.4, 0.5) is 0 Å². The topological polar surface area (TPSA) is 101 Å². The van der Waals surface area contributed by atoms with E-state index in [1.165, 1.54) is 12.1 Å². The molecular formula is C7H7NO4S. The zero-order chi connectivity index (χ0) is 10.0.